The SMILES string of the molecule is CCCCOC(=O)CC1C(=O)NCCN1C(=O)CNc1cccc(C(=O)N(C)Cc2ccccc2)c1. The minimum absolute atomic E-state index is 0.0772. The molecule has 1 aliphatic heterocycles. The first-order valence-electron chi connectivity index (χ1n) is 12.2. The van der Waals surface area contributed by atoms with Gasteiger partial charge in [0.15, 0.2) is 0 Å². The number of amides is 3. The number of piperazine rings is 1. The van der Waals surface area contributed by atoms with E-state index in [-0.39, 0.29) is 30.7 Å². The van der Waals surface area contributed by atoms with Gasteiger partial charge in [0.1, 0.15) is 6.04 Å². The van der Waals surface area contributed by atoms with Crippen molar-refractivity contribution in [3.63, 3.8) is 0 Å². The number of ether oxygens (including phenoxy) is 1. The number of rotatable bonds is 11. The summed E-state index contributed by atoms with van der Waals surface area (Å²) in [5.74, 6) is -1.31. The van der Waals surface area contributed by atoms with Gasteiger partial charge in [-0.15, -0.1) is 0 Å². The maximum atomic E-state index is 13.0. The predicted octanol–water partition coefficient (Wildman–Crippen LogP) is 2.43. The van der Waals surface area contributed by atoms with Crippen molar-refractivity contribution in [2.45, 2.75) is 38.8 Å². The summed E-state index contributed by atoms with van der Waals surface area (Å²) in [5, 5.41) is 5.75. The Morgan fingerprint density at radius 2 is 1.92 bits per heavy atom. The van der Waals surface area contributed by atoms with Crippen LogP contribution in [0.25, 0.3) is 0 Å². The number of unbranched alkanes of at least 4 members (excludes halogenated alkanes) is 1. The smallest absolute Gasteiger partial charge is 0.308 e. The van der Waals surface area contributed by atoms with E-state index in [2.05, 4.69) is 10.6 Å². The molecule has 0 radical (unpaired) electrons. The molecular formula is C27H34N4O5. The van der Waals surface area contributed by atoms with Crippen LogP contribution in [0.3, 0.4) is 0 Å². The van der Waals surface area contributed by atoms with Crippen molar-refractivity contribution in [2.24, 2.45) is 0 Å². The second-order valence-electron chi connectivity index (χ2n) is 8.75. The lowest BCUT2D eigenvalue weighted by molar-refractivity contribution is -0.151. The van der Waals surface area contributed by atoms with Gasteiger partial charge in [-0.25, -0.2) is 0 Å². The molecule has 3 rings (SSSR count). The fourth-order valence-corrected chi connectivity index (χ4v) is 3.95. The summed E-state index contributed by atoms with van der Waals surface area (Å²) in [5.41, 5.74) is 2.14. The van der Waals surface area contributed by atoms with Crippen molar-refractivity contribution in [2.75, 3.05) is 38.6 Å². The Morgan fingerprint density at radius 1 is 1.14 bits per heavy atom. The van der Waals surface area contributed by atoms with Gasteiger partial charge in [-0.3, -0.25) is 19.2 Å². The summed E-state index contributed by atoms with van der Waals surface area (Å²) in [6, 6.07) is 15.8. The summed E-state index contributed by atoms with van der Waals surface area (Å²) in [7, 11) is 1.74. The van der Waals surface area contributed by atoms with Gasteiger partial charge in [0, 0.05) is 37.9 Å². The molecule has 9 heteroatoms. The number of anilines is 1. The highest BCUT2D eigenvalue weighted by atomic mass is 16.5. The Balaban J connectivity index is 1.58. The Hall–Kier alpha value is -3.88. The molecule has 0 aromatic heterocycles. The van der Waals surface area contributed by atoms with Crippen molar-refractivity contribution in [3.05, 3.63) is 65.7 Å². The predicted molar refractivity (Wildman–Crippen MR) is 136 cm³/mol. The quantitative estimate of drug-likeness (QED) is 0.367. The van der Waals surface area contributed by atoms with E-state index in [0.29, 0.717) is 37.5 Å². The molecular weight excluding hydrogens is 460 g/mol. The topological polar surface area (TPSA) is 108 Å². The zero-order valence-electron chi connectivity index (χ0n) is 20.9. The van der Waals surface area contributed by atoms with E-state index >= 15 is 0 Å². The Kier molecular flexibility index (Phi) is 9.85. The lowest BCUT2D eigenvalue weighted by atomic mass is 10.1. The second-order valence-corrected chi connectivity index (χ2v) is 8.75. The molecule has 1 atom stereocenters. The molecule has 0 aliphatic carbocycles. The molecule has 2 aromatic rings. The van der Waals surface area contributed by atoms with Crippen LogP contribution in [0, 0.1) is 0 Å². The normalized spacial score (nSPS) is 15.1. The van der Waals surface area contributed by atoms with Gasteiger partial charge in [0.05, 0.1) is 19.6 Å². The highest BCUT2D eigenvalue weighted by molar-refractivity contribution is 5.95. The van der Waals surface area contributed by atoms with Crippen LogP contribution in [0.5, 0.6) is 0 Å². The summed E-state index contributed by atoms with van der Waals surface area (Å²) < 4.78 is 5.17. The van der Waals surface area contributed by atoms with E-state index in [1.165, 1.54) is 4.90 Å². The van der Waals surface area contributed by atoms with E-state index < -0.39 is 12.0 Å². The molecule has 1 fully saturated rings. The van der Waals surface area contributed by atoms with Gasteiger partial charge in [-0.1, -0.05) is 49.7 Å². The molecule has 3 amide bonds. The molecule has 192 valence electrons. The van der Waals surface area contributed by atoms with E-state index in [4.69, 9.17) is 4.74 Å². The maximum Gasteiger partial charge on any atom is 0.308 e. The Labute approximate surface area is 211 Å². The average molecular weight is 495 g/mol. The second kappa shape index (κ2) is 13.3. The van der Waals surface area contributed by atoms with Gasteiger partial charge < -0.3 is 25.2 Å². The summed E-state index contributed by atoms with van der Waals surface area (Å²) >= 11 is 0. The third-order valence-electron chi connectivity index (χ3n) is 5.93. The van der Waals surface area contributed by atoms with Crippen LogP contribution in [-0.2, 0) is 25.7 Å². The van der Waals surface area contributed by atoms with Gasteiger partial charge in [-0.2, -0.15) is 0 Å². The molecule has 36 heavy (non-hydrogen) atoms. The summed E-state index contributed by atoms with van der Waals surface area (Å²) in [4.78, 5) is 53.4. The number of hydrogen-bond donors (Lipinski definition) is 2. The van der Waals surface area contributed by atoms with E-state index in [1.807, 2.05) is 37.3 Å². The van der Waals surface area contributed by atoms with Gasteiger partial charge in [0.2, 0.25) is 11.8 Å². The van der Waals surface area contributed by atoms with Crippen LogP contribution in [0.2, 0.25) is 0 Å². The molecule has 1 aliphatic rings. The summed E-state index contributed by atoms with van der Waals surface area (Å²) in [6.07, 6.45) is 1.46. The number of nitrogens with one attached hydrogen (secondary N) is 2. The highest BCUT2D eigenvalue weighted by Gasteiger charge is 2.35. The number of nitrogens with zero attached hydrogens (tertiary/aromatic N) is 2. The van der Waals surface area contributed by atoms with Crippen molar-refractivity contribution in [1.29, 1.82) is 0 Å². The van der Waals surface area contributed by atoms with Crippen molar-refractivity contribution >= 4 is 29.4 Å². The number of carbonyl (C=O) groups is 4. The zero-order valence-corrected chi connectivity index (χ0v) is 20.9. The van der Waals surface area contributed by atoms with Crippen LogP contribution in [0.4, 0.5) is 5.69 Å². The van der Waals surface area contributed by atoms with Crippen molar-refractivity contribution in [1.82, 2.24) is 15.1 Å². The Bertz CT molecular complexity index is 1060. The zero-order chi connectivity index (χ0) is 25.9. The standard InChI is InChI=1S/C27H34N4O5/c1-3-4-15-36-25(33)17-23-26(34)28-13-14-31(23)24(32)18-29-22-12-8-11-21(16-22)27(35)30(2)19-20-9-6-5-7-10-20/h5-12,16,23,29H,3-4,13-15,17-19H2,1-2H3,(H,28,34). The highest BCUT2D eigenvalue weighted by Crippen LogP contribution is 2.15. The molecule has 2 N–H and O–H groups in total. The molecule has 2 aromatic carbocycles. The average Bonchev–Trinajstić information content (AvgIpc) is 2.89. The molecule has 0 saturated carbocycles. The lowest BCUT2D eigenvalue weighted by Crippen LogP contribution is -2.58. The van der Waals surface area contributed by atoms with Gasteiger partial charge >= 0.3 is 5.97 Å². The molecule has 9 nitrogen and oxygen atoms in total. The number of benzene rings is 2. The lowest BCUT2D eigenvalue weighted by Gasteiger charge is -2.34. The van der Waals surface area contributed by atoms with Crippen molar-refractivity contribution in [3.8, 4) is 0 Å². The third kappa shape index (κ3) is 7.56. The first-order chi connectivity index (χ1) is 17.4. The molecule has 0 spiro atoms. The molecule has 1 heterocycles. The fraction of sp³-hybridized carbons (Fsp3) is 0.407. The van der Waals surface area contributed by atoms with Crippen LogP contribution < -0.4 is 10.6 Å². The summed E-state index contributed by atoms with van der Waals surface area (Å²) in [6.45, 7) is 3.33. The molecule has 1 saturated heterocycles. The maximum absolute atomic E-state index is 13.0. The minimum Gasteiger partial charge on any atom is -0.466 e. The van der Waals surface area contributed by atoms with Gasteiger partial charge in [0.25, 0.3) is 5.91 Å². The number of carbonyl (C=O) groups excluding carboxylic acids is 4. The van der Waals surface area contributed by atoms with E-state index in [0.717, 1.165) is 18.4 Å². The van der Waals surface area contributed by atoms with E-state index in [9.17, 15) is 19.2 Å². The fourth-order valence-electron chi connectivity index (χ4n) is 3.95. The van der Waals surface area contributed by atoms with Crippen LogP contribution in [-0.4, -0.2) is 72.8 Å². The first kappa shape index (κ1) is 26.7. The van der Waals surface area contributed by atoms with E-state index in [1.54, 1.807) is 36.2 Å². The van der Waals surface area contributed by atoms with Crippen LogP contribution >= 0.6 is 0 Å². The Morgan fingerprint density at radius 3 is 2.67 bits per heavy atom. The van der Waals surface area contributed by atoms with Crippen LogP contribution in [0.1, 0.15) is 42.1 Å². The van der Waals surface area contributed by atoms with Crippen molar-refractivity contribution < 1.29 is 23.9 Å². The largest absolute Gasteiger partial charge is 0.466 e. The first-order valence-corrected chi connectivity index (χ1v) is 12.2. The minimum atomic E-state index is -0.901. The third-order valence-corrected chi connectivity index (χ3v) is 5.93. The number of esters is 1. The molecule has 1 unspecified atom stereocenters. The molecule has 0 bridgehead atoms. The number of hydrogen-bond acceptors (Lipinski definition) is 6. The van der Waals surface area contributed by atoms with Gasteiger partial charge in [-0.05, 0) is 30.2 Å². The monoisotopic (exact) mass is 494 g/mol. The van der Waals surface area contributed by atoms with Crippen LogP contribution in [0.15, 0.2) is 54.6 Å².